The molecule has 2 heterocycles. The molecule has 1 unspecified atom stereocenters. The molecule has 1 aromatic carbocycles. The number of hydrogen-bond donors (Lipinski definition) is 2. The summed E-state index contributed by atoms with van der Waals surface area (Å²) in [6.07, 6.45) is 6.44. The van der Waals surface area contributed by atoms with Crippen LogP contribution in [0.3, 0.4) is 0 Å². The normalized spacial score (nSPS) is 20.5. The van der Waals surface area contributed by atoms with Crippen molar-refractivity contribution in [1.82, 2.24) is 19.9 Å². The van der Waals surface area contributed by atoms with Crippen LogP contribution in [0.4, 0.5) is 0 Å². The Bertz CT molecular complexity index is 930. The number of hydrogen-bond acceptors (Lipinski definition) is 4. The number of nitrogens with one attached hydrogen (secondary N) is 1. The molecule has 6 nitrogen and oxygen atoms in total. The molecule has 3 aromatic rings. The summed E-state index contributed by atoms with van der Waals surface area (Å²) < 4.78 is 1.82. The van der Waals surface area contributed by atoms with E-state index in [1.165, 1.54) is 0 Å². The van der Waals surface area contributed by atoms with E-state index in [9.17, 15) is 9.90 Å². The Kier molecular flexibility index (Phi) is 4.42. The number of benzene rings is 1. The van der Waals surface area contributed by atoms with Gasteiger partial charge in [0.15, 0.2) is 0 Å². The molecule has 1 amide bonds. The molecule has 0 spiro atoms. The number of aliphatic hydroxyl groups excluding tert-OH is 1. The van der Waals surface area contributed by atoms with Gasteiger partial charge < -0.3 is 15.0 Å². The molecule has 0 bridgehead atoms. The lowest BCUT2D eigenvalue weighted by Gasteiger charge is -2.38. The minimum absolute atomic E-state index is 0.0642. The van der Waals surface area contributed by atoms with Gasteiger partial charge in [0.25, 0.3) is 0 Å². The third kappa shape index (κ3) is 3.32. The molecule has 1 saturated carbocycles. The van der Waals surface area contributed by atoms with Gasteiger partial charge in [0.2, 0.25) is 5.91 Å². The van der Waals surface area contributed by atoms with Gasteiger partial charge in [-0.1, -0.05) is 18.2 Å². The first-order chi connectivity index (χ1) is 12.6. The van der Waals surface area contributed by atoms with E-state index in [-0.39, 0.29) is 30.5 Å². The Morgan fingerprint density at radius 2 is 2.15 bits per heavy atom. The minimum Gasteiger partial charge on any atom is -0.393 e. The number of fused-ring (bicyclic) bond motifs is 1. The highest BCUT2D eigenvalue weighted by atomic mass is 16.3. The maximum Gasteiger partial charge on any atom is 0.240 e. The van der Waals surface area contributed by atoms with Crippen LogP contribution in [0.25, 0.3) is 10.9 Å². The molecule has 2 N–H and O–H groups in total. The molecular weight excluding hydrogens is 328 g/mol. The molecule has 0 aliphatic heterocycles. The summed E-state index contributed by atoms with van der Waals surface area (Å²) in [6.45, 7) is 2.11. The largest absolute Gasteiger partial charge is 0.393 e. The highest BCUT2D eigenvalue weighted by Gasteiger charge is 2.36. The monoisotopic (exact) mass is 350 g/mol. The van der Waals surface area contributed by atoms with E-state index in [1.54, 1.807) is 12.4 Å². The topological polar surface area (TPSA) is 80.0 Å². The number of rotatable bonds is 5. The van der Waals surface area contributed by atoms with Crippen LogP contribution in [0, 0.1) is 12.8 Å². The van der Waals surface area contributed by atoms with E-state index >= 15 is 0 Å². The Morgan fingerprint density at radius 3 is 2.88 bits per heavy atom. The zero-order valence-corrected chi connectivity index (χ0v) is 14.7. The van der Waals surface area contributed by atoms with Crippen LogP contribution in [0.15, 0.2) is 48.9 Å². The lowest BCUT2D eigenvalue weighted by Crippen LogP contribution is -2.42. The van der Waals surface area contributed by atoms with E-state index in [1.807, 2.05) is 42.0 Å². The molecule has 1 aliphatic carbocycles. The zero-order valence-electron chi connectivity index (χ0n) is 14.7. The van der Waals surface area contributed by atoms with Crippen molar-refractivity contribution in [2.45, 2.75) is 38.5 Å². The first-order valence-corrected chi connectivity index (χ1v) is 8.90. The van der Waals surface area contributed by atoms with Gasteiger partial charge in [-0.2, -0.15) is 0 Å². The average Bonchev–Trinajstić information content (AvgIpc) is 3.01. The van der Waals surface area contributed by atoms with Crippen molar-refractivity contribution < 1.29 is 9.90 Å². The zero-order chi connectivity index (χ0) is 18.1. The first-order valence-electron chi connectivity index (χ1n) is 8.90. The minimum atomic E-state index is -0.274. The van der Waals surface area contributed by atoms with Gasteiger partial charge >= 0.3 is 0 Å². The Morgan fingerprint density at radius 1 is 1.35 bits per heavy atom. The summed E-state index contributed by atoms with van der Waals surface area (Å²) in [4.78, 5) is 21.3. The first kappa shape index (κ1) is 16.7. The maximum absolute atomic E-state index is 12.6. The van der Waals surface area contributed by atoms with Crippen LogP contribution in [0.5, 0.6) is 0 Å². The van der Waals surface area contributed by atoms with E-state index in [4.69, 9.17) is 0 Å². The van der Waals surface area contributed by atoms with Crippen LogP contribution in [0.2, 0.25) is 0 Å². The van der Waals surface area contributed by atoms with Crippen molar-refractivity contribution >= 4 is 16.8 Å². The highest BCUT2D eigenvalue weighted by Crippen LogP contribution is 2.38. The molecule has 1 aliphatic rings. The Hall–Kier alpha value is -2.73. The molecular formula is C20H22N4O2. The highest BCUT2D eigenvalue weighted by molar-refractivity contribution is 5.80. The smallest absolute Gasteiger partial charge is 0.240 e. The van der Waals surface area contributed by atoms with Gasteiger partial charge in [-0.15, -0.1) is 0 Å². The van der Waals surface area contributed by atoms with Gasteiger partial charge in [0.05, 0.1) is 17.7 Å². The summed E-state index contributed by atoms with van der Waals surface area (Å²) in [5.41, 5.74) is 1.92. The molecule has 4 rings (SSSR count). The molecule has 134 valence electrons. The predicted molar refractivity (Wildman–Crippen MR) is 98.3 cm³/mol. The van der Waals surface area contributed by atoms with Crippen LogP contribution in [-0.4, -0.2) is 31.7 Å². The van der Waals surface area contributed by atoms with Crippen LogP contribution >= 0.6 is 0 Å². The number of nitrogens with zero attached hydrogens (tertiary/aromatic N) is 3. The number of amides is 1. The van der Waals surface area contributed by atoms with Gasteiger partial charge in [0.1, 0.15) is 12.4 Å². The van der Waals surface area contributed by atoms with E-state index in [2.05, 4.69) is 21.4 Å². The Balaban J connectivity index is 1.57. The molecule has 26 heavy (non-hydrogen) atoms. The van der Waals surface area contributed by atoms with Crippen molar-refractivity contribution in [2.75, 3.05) is 0 Å². The number of para-hydroxylation sites is 1. The summed E-state index contributed by atoms with van der Waals surface area (Å²) in [7, 11) is 0. The third-order valence-corrected chi connectivity index (χ3v) is 5.15. The molecule has 6 heteroatoms. The summed E-state index contributed by atoms with van der Waals surface area (Å²) in [6, 6.07) is 9.88. The van der Waals surface area contributed by atoms with Crippen molar-refractivity contribution in [2.24, 2.45) is 5.92 Å². The van der Waals surface area contributed by atoms with Crippen molar-refractivity contribution in [3.05, 3.63) is 60.3 Å². The summed E-state index contributed by atoms with van der Waals surface area (Å²) >= 11 is 0. The number of aliphatic hydroxyl groups is 1. The fraction of sp³-hybridized carbons (Fsp3) is 0.350. The van der Waals surface area contributed by atoms with E-state index in [0.717, 1.165) is 22.3 Å². The maximum atomic E-state index is 12.6. The molecule has 1 fully saturated rings. The number of carbonyl (C=O) groups is 1. The quantitative estimate of drug-likeness (QED) is 0.740. The predicted octanol–water partition coefficient (Wildman–Crippen LogP) is 2.37. The SMILES string of the molecule is Cc1nccn1CC(=O)NC(c1cnc2ccccc2c1)C1CC(O)C1. The van der Waals surface area contributed by atoms with E-state index in [0.29, 0.717) is 12.8 Å². The number of aryl methyl sites for hydroxylation is 1. The molecule has 0 radical (unpaired) electrons. The summed E-state index contributed by atoms with van der Waals surface area (Å²) in [5.74, 6) is 0.967. The summed E-state index contributed by atoms with van der Waals surface area (Å²) in [5, 5.41) is 13.9. The van der Waals surface area contributed by atoms with Gasteiger partial charge in [0, 0.05) is 24.0 Å². The molecule has 2 aromatic heterocycles. The number of aromatic nitrogens is 3. The van der Waals surface area contributed by atoms with Gasteiger partial charge in [-0.05, 0) is 43.4 Å². The van der Waals surface area contributed by atoms with Crippen LogP contribution in [-0.2, 0) is 11.3 Å². The molecule has 1 atom stereocenters. The second-order valence-corrected chi connectivity index (χ2v) is 6.99. The van der Waals surface area contributed by atoms with Crippen LogP contribution in [0.1, 0.15) is 30.3 Å². The standard InChI is InChI=1S/C20H22N4O2/c1-13-21-6-7-24(13)12-19(26)23-20(15-9-17(25)10-15)16-8-14-4-2-3-5-18(14)22-11-16/h2-8,11,15,17,20,25H,9-10,12H2,1H3,(H,23,26). The van der Waals surface area contributed by atoms with Crippen LogP contribution < -0.4 is 5.32 Å². The number of pyridine rings is 1. The lowest BCUT2D eigenvalue weighted by atomic mass is 9.75. The van der Waals surface area contributed by atoms with Crippen molar-refractivity contribution in [1.29, 1.82) is 0 Å². The second kappa shape index (κ2) is 6.88. The lowest BCUT2D eigenvalue weighted by molar-refractivity contribution is -0.123. The van der Waals surface area contributed by atoms with Crippen molar-refractivity contribution in [3.8, 4) is 0 Å². The average molecular weight is 350 g/mol. The fourth-order valence-corrected chi connectivity index (χ4v) is 3.58. The Labute approximate surface area is 151 Å². The number of carbonyl (C=O) groups excluding carboxylic acids is 1. The molecule has 0 saturated heterocycles. The van der Waals surface area contributed by atoms with Gasteiger partial charge in [-0.3, -0.25) is 9.78 Å². The third-order valence-electron chi connectivity index (χ3n) is 5.15. The second-order valence-electron chi connectivity index (χ2n) is 6.99. The van der Waals surface area contributed by atoms with E-state index < -0.39 is 0 Å². The fourth-order valence-electron chi connectivity index (χ4n) is 3.58. The van der Waals surface area contributed by atoms with Gasteiger partial charge in [-0.25, -0.2) is 4.98 Å². The van der Waals surface area contributed by atoms with Crippen molar-refractivity contribution in [3.63, 3.8) is 0 Å². The number of imidazole rings is 1.